The fourth-order valence-electron chi connectivity index (χ4n) is 5.95. The number of nitro groups is 1. The summed E-state index contributed by atoms with van der Waals surface area (Å²) in [5.74, 6) is 1.05. The highest BCUT2D eigenvalue weighted by Crippen LogP contribution is 2.54. The van der Waals surface area contributed by atoms with Gasteiger partial charge in [-0.25, -0.2) is 8.42 Å². The van der Waals surface area contributed by atoms with Gasteiger partial charge in [-0.1, -0.05) is 25.8 Å². The molecule has 2 aliphatic carbocycles. The molecule has 2 aromatic carbocycles. The van der Waals surface area contributed by atoms with Gasteiger partial charge < -0.3 is 4.74 Å². The molecule has 1 saturated carbocycles. The van der Waals surface area contributed by atoms with E-state index in [1.807, 2.05) is 6.07 Å². The lowest BCUT2D eigenvalue weighted by molar-refractivity contribution is -0.384. The largest absolute Gasteiger partial charge is 0.497 e. The van der Waals surface area contributed by atoms with Crippen LogP contribution >= 0.6 is 0 Å². The Bertz CT molecular complexity index is 1120. The number of fused-ring (bicyclic) bond motifs is 3. The molecule has 3 atom stereocenters. The fourth-order valence-corrected chi connectivity index (χ4v) is 7.34. The maximum absolute atomic E-state index is 13.5. The number of sulfonamides is 1. The average Bonchev–Trinajstić information content (AvgIpc) is 2.82. The van der Waals surface area contributed by atoms with Gasteiger partial charge in [-0.05, 0) is 72.4 Å². The molecule has 1 fully saturated rings. The number of benzene rings is 2. The Morgan fingerprint density at radius 1 is 1.19 bits per heavy atom. The summed E-state index contributed by atoms with van der Waals surface area (Å²) in [6.07, 6.45) is 5.83. The predicted octanol–water partition coefficient (Wildman–Crippen LogP) is 4.69. The van der Waals surface area contributed by atoms with Gasteiger partial charge in [0.15, 0.2) is 0 Å². The van der Waals surface area contributed by atoms with Gasteiger partial charge in [-0.15, -0.1) is 0 Å². The normalized spacial score (nSPS) is 25.1. The van der Waals surface area contributed by atoms with Crippen molar-refractivity contribution < 1.29 is 18.1 Å². The van der Waals surface area contributed by atoms with Crippen LogP contribution < -0.4 is 4.74 Å². The predicted molar refractivity (Wildman–Crippen MR) is 122 cm³/mol. The molecule has 172 valence electrons. The first-order valence-corrected chi connectivity index (χ1v) is 12.6. The Morgan fingerprint density at radius 3 is 2.53 bits per heavy atom. The van der Waals surface area contributed by atoms with Crippen LogP contribution in [0.25, 0.3) is 0 Å². The first-order valence-electron chi connectivity index (χ1n) is 11.1. The molecule has 2 aromatic rings. The lowest BCUT2D eigenvalue weighted by Gasteiger charge is -2.53. The van der Waals surface area contributed by atoms with Crippen LogP contribution in [0.1, 0.15) is 50.2 Å². The number of rotatable bonds is 6. The molecule has 8 heteroatoms. The van der Waals surface area contributed by atoms with E-state index in [4.69, 9.17) is 4.74 Å². The summed E-state index contributed by atoms with van der Waals surface area (Å²) in [5.41, 5.74) is 2.29. The molecule has 0 heterocycles. The summed E-state index contributed by atoms with van der Waals surface area (Å²) in [7, 11) is -0.463. The van der Waals surface area contributed by atoms with Crippen LogP contribution in [-0.2, 0) is 21.9 Å². The highest BCUT2D eigenvalue weighted by molar-refractivity contribution is 7.89. The van der Waals surface area contributed by atoms with Gasteiger partial charge in [0.2, 0.25) is 10.0 Å². The number of nitrogens with zero attached hydrogens (tertiary/aromatic N) is 2. The van der Waals surface area contributed by atoms with Crippen molar-refractivity contribution in [2.75, 3.05) is 14.2 Å². The second kappa shape index (κ2) is 8.48. The van der Waals surface area contributed by atoms with Crippen LogP contribution in [-0.4, -0.2) is 37.8 Å². The van der Waals surface area contributed by atoms with Crippen LogP contribution in [0.3, 0.4) is 0 Å². The third kappa shape index (κ3) is 3.59. The van der Waals surface area contributed by atoms with Crippen molar-refractivity contribution in [3.05, 3.63) is 63.7 Å². The molecule has 0 aliphatic heterocycles. The molecule has 0 unspecified atom stereocenters. The Balaban J connectivity index is 1.76. The third-order valence-corrected chi connectivity index (χ3v) is 9.56. The van der Waals surface area contributed by atoms with Crippen molar-refractivity contribution in [2.24, 2.45) is 5.92 Å². The molecule has 0 amide bonds. The first-order chi connectivity index (χ1) is 15.2. The zero-order chi connectivity index (χ0) is 23.1. The number of hydrogen-bond acceptors (Lipinski definition) is 5. The van der Waals surface area contributed by atoms with E-state index in [0.717, 1.165) is 37.9 Å². The summed E-state index contributed by atoms with van der Waals surface area (Å²) >= 11 is 0. The van der Waals surface area contributed by atoms with E-state index in [2.05, 4.69) is 19.1 Å². The molecular formula is C24H30N2O5S. The zero-order valence-corrected chi connectivity index (χ0v) is 19.6. The van der Waals surface area contributed by atoms with Gasteiger partial charge in [-0.3, -0.25) is 10.1 Å². The van der Waals surface area contributed by atoms with Gasteiger partial charge in [0.05, 0.1) is 16.9 Å². The molecular weight excluding hydrogens is 428 g/mol. The second-order valence-electron chi connectivity index (χ2n) is 8.93. The Morgan fingerprint density at radius 2 is 1.91 bits per heavy atom. The van der Waals surface area contributed by atoms with Gasteiger partial charge in [0.25, 0.3) is 5.69 Å². The lowest BCUT2D eigenvalue weighted by Crippen LogP contribution is -2.55. The van der Waals surface area contributed by atoms with Crippen molar-refractivity contribution in [1.29, 1.82) is 0 Å². The number of non-ortho nitro benzene ring substituents is 1. The van der Waals surface area contributed by atoms with Gasteiger partial charge in [0.1, 0.15) is 5.75 Å². The number of likely N-dealkylation sites (N-methyl/N-ethyl adjacent to an activating group) is 1. The summed E-state index contributed by atoms with van der Waals surface area (Å²) in [4.78, 5) is 10.5. The van der Waals surface area contributed by atoms with E-state index in [-0.39, 0.29) is 28.0 Å². The molecule has 32 heavy (non-hydrogen) atoms. The third-order valence-electron chi connectivity index (χ3n) is 7.67. The van der Waals surface area contributed by atoms with E-state index >= 15 is 0 Å². The molecule has 7 nitrogen and oxygen atoms in total. The van der Waals surface area contributed by atoms with Crippen molar-refractivity contribution in [2.45, 2.75) is 61.8 Å². The molecule has 4 rings (SSSR count). The van der Waals surface area contributed by atoms with Crippen LogP contribution in [0, 0.1) is 16.0 Å². The molecule has 2 aliphatic rings. The molecule has 0 saturated heterocycles. The molecule has 0 radical (unpaired) electrons. The maximum Gasteiger partial charge on any atom is 0.269 e. The second-order valence-corrected chi connectivity index (χ2v) is 10.9. The zero-order valence-electron chi connectivity index (χ0n) is 18.8. The molecule has 0 aromatic heterocycles. The van der Waals surface area contributed by atoms with Gasteiger partial charge in [0, 0.05) is 25.2 Å². The minimum absolute atomic E-state index is 0.0791. The quantitative estimate of drug-likeness (QED) is 0.463. The van der Waals surface area contributed by atoms with Crippen molar-refractivity contribution in [3.8, 4) is 5.75 Å². The number of ether oxygens (including phenoxy) is 1. The molecule has 0 spiro atoms. The highest BCUT2D eigenvalue weighted by atomic mass is 32.2. The van der Waals surface area contributed by atoms with E-state index in [1.54, 1.807) is 14.2 Å². The minimum Gasteiger partial charge on any atom is -0.497 e. The maximum atomic E-state index is 13.5. The van der Waals surface area contributed by atoms with Gasteiger partial charge >= 0.3 is 0 Å². The smallest absolute Gasteiger partial charge is 0.269 e. The topological polar surface area (TPSA) is 89.8 Å². The summed E-state index contributed by atoms with van der Waals surface area (Å²) in [6, 6.07) is 11.2. The van der Waals surface area contributed by atoms with Gasteiger partial charge in [-0.2, -0.15) is 4.31 Å². The van der Waals surface area contributed by atoms with Crippen LogP contribution in [0.5, 0.6) is 5.75 Å². The standard InChI is InChI=1S/C24H30N2O5S/c1-4-24-14-6-5-7-21(24)23(15-17-8-11-19(31-3)16-22(17)24)25(2)32(29,30)20-12-9-18(10-13-20)26(27)28/h8-13,16,21,23H,4-7,14-15H2,1-3H3/t21-,23+,24-/m1/s1. The highest BCUT2D eigenvalue weighted by Gasteiger charge is 2.51. The van der Waals surface area contributed by atoms with Crippen molar-refractivity contribution in [1.82, 2.24) is 4.31 Å². The number of methoxy groups -OCH3 is 1. The van der Waals surface area contributed by atoms with Crippen LogP contribution in [0.2, 0.25) is 0 Å². The van der Waals surface area contributed by atoms with E-state index in [1.165, 1.54) is 39.7 Å². The van der Waals surface area contributed by atoms with Crippen LogP contribution in [0.15, 0.2) is 47.4 Å². The van der Waals surface area contributed by atoms with Crippen molar-refractivity contribution >= 4 is 15.7 Å². The SMILES string of the molecule is CC[C@@]12CCCC[C@@H]1[C@@H](N(C)S(=O)(=O)c1ccc([N+](=O)[O-])cc1)Cc1ccc(OC)cc12. The van der Waals surface area contributed by atoms with E-state index in [9.17, 15) is 18.5 Å². The average molecular weight is 459 g/mol. The van der Waals surface area contributed by atoms with E-state index in [0.29, 0.717) is 6.42 Å². The Kier molecular flexibility index (Phi) is 6.02. The van der Waals surface area contributed by atoms with E-state index < -0.39 is 14.9 Å². The number of hydrogen-bond donors (Lipinski definition) is 0. The lowest BCUT2D eigenvalue weighted by atomic mass is 9.54. The Labute approximate surface area is 189 Å². The monoisotopic (exact) mass is 458 g/mol. The first kappa shape index (κ1) is 22.7. The minimum atomic E-state index is -3.80. The summed E-state index contributed by atoms with van der Waals surface area (Å²) in [5, 5.41) is 11.0. The summed E-state index contributed by atoms with van der Waals surface area (Å²) < 4.78 is 34.1. The fraction of sp³-hybridized carbons (Fsp3) is 0.500. The summed E-state index contributed by atoms with van der Waals surface area (Å²) in [6.45, 7) is 2.20. The van der Waals surface area contributed by atoms with Crippen LogP contribution in [0.4, 0.5) is 5.69 Å². The Hall–Kier alpha value is -2.45. The number of nitro benzene ring substituents is 1. The molecule has 0 N–H and O–H groups in total. The molecule has 0 bridgehead atoms. The van der Waals surface area contributed by atoms with Crippen molar-refractivity contribution in [3.63, 3.8) is 0 Å².